The maximum Gasteiger partial charge on any atom is 0.268 e. The molecule has 2 N–H and O–H groups in total. The fraction of sp³-hybridized carbons (Fsp3) is 0.263. The van der Waals surface area contributed by atoms with Crippen molar-refractivity contribution in [1.82, 2.24) is 5.32 Å². The number of hydrogen-bond donors (Lipinski definition) is 2. The number of nitrogens with zero attached hydrogens (tertiary/aromatic N) is 1. The molecular formula is C19H16ClFN2O5. The SMILES string of the molecule is O=C(NCc1cc(F)cc(Cl)c1)[C@]1(O)CCN(c2ccc3c(c2)OCO3)C1=O. The lowest BCUT2D eigenvalue weighted by Crippen LogP contribution is -2.52. The molecule has 2 aromatic rings. The summed E-state index contributed by atoms with van der Waals surface area (Å²) in [6.45, 7) is 0.188. The highest BCUT2D eigenvalue weighted by Crippen LogP contribution is 2.37. The van der Waals surface area contributed by atoms with Crippen molar-refractivity contribution < 1.29 is 28.6 Å². The average molecular weight is 407 g/mol. The summed E-state index contributed by atoms with van der Waals surface area (Å²) in [6.07, 6.45) is -0.0734. The van der Waals surface area contributed by atoms with Gasteiger partial charge in [-0.05, 0) is 35.9 Å². The van der Waals surface area contributed by atoms with Crippen LogP contribution in [0.25, 0.3) is 0 Å². The van der Waals surface area contributed by atoms with Gasteiger partial charge in [-0.15, -0.1) is 0 Å². The standard InChI is InChI=1S/C19H16ClFN2O5/c20-12-5-11(6-13(21)7-12)9-22-17(24)19(26)3-4-23(18(19)25)14-1-2-15-16(8-14)28-10-27-15/h1-2,5-8,26H,3-4,9-10H2,(H,22,24)/t19-/m1/s1. The minimum Gasteiger partial charge on any atom is -0.454 e. The van der Waals surface area contributed by atoms with Gasteiger partial charge in [0.05, 0.1) is 0 Å². The first kappa shape index (κ1) is 18.5. The van der Waals surface area contributed by atoms with Crippen molar-refractivity contribution in [3.8, 4) is 11.5 Å². The van der Waals surface area contributed by atoms with Gasteiger partial charge in [0.1, 0.15) is 5.82 Å². The quantitative estimate of drug-likeness (QED) is 0.758. The van der Waals surface area contributed by atoms with Crippen LogP contribution in [0.4, 0.5) is 10.1 Å². The third-order valence-corrected chi connectivity index (χ3v) is 4.93. The Morgan fingerprint density at radius 2 is 2.04 bits per heavy atom. The molecule has 4 rings (SSSR count). The minimum absolute atomic E-state index is 0.0734. The third-order valence-electron chi connectivity index (χ3n) is 4.72. The van der Waals surface area contributed by atoms with Crippen LogP contribution in [0.2, 0.25) is 5.02 Å². The van der Waals surface area contributed by atoms with Crippen molar-refractivity contribution in [2.75, 3.05) is 18.2 Å². The Balaban J connectivity index is 1.47. The van der Waals surface area contributed by atoms with E-state index in [0.29, 0.717) is 22.7 Å². The number of carbonyl (C=O) groups is 2. The van der Waals surface area contributed by atoms with E-state index in [1.54, 1.807) is 18.2 Å². The summed E-state index contributed by atoms with van der Waals surface area (Å²) in [5.41, 5.74) is -1.29. The van der Waals surface area contributed by atoms with Crippen LogP contribution in [0.5, 0.6) is 11.5 Å². The predicted molar refractivity (Wildman–Crippen MR) is 97.7 cm³/mol. The van der Waals surface area contributed by atoms with E-state index >= 15 is 0 Å². The molecule has 7 nitrogen and oxygen atoms in total. The van der Waals surface area contributed by atoms with Crippen molar-refractivity contribution in [2.45, 2.75) is 18.6 Å². The topological polar surface area (TPSA) is 88.1 Å². The lowest BCUT2D eigenvalue weighted by atomic mass is 10.0. The van der Waals surface area contributed by atoms with Gasteiger partial charge >= 0.3 is 0 Å². The number of aliphatic hydroxyl groups is 1. The van der Waals surface area contributed by atoms with Gasteiger partial charge in [0.15, 0.2) is 11.5 Å². The molecule has 146 valence electrons. The predicted octanol–water partition coefficient (Wildman–Crippen LogP) is 1.99. The van der Waals surface area contributed by atoms with Gasteiger partial charge in [-0.3, -0.25) is 9.59 Å². The number of rotatable bonds is 4. The van der Waals surface area contributed by atoms with Gasteiger partial charge in [-0.1, -0.05) is 11.6 Å². The Morgan fingerprint density at radius 3 is 2.82 bits per heavy atom. The molecule has 0 unspecified atom stereocenters. The first-order valence-electron chi connectivity index (χ1n) is 8.54. The Bertz CT molecular complexity index is 949. The normalized spacial score (nSPS) is 20.5. The van der Waals surface area contributed by atoms with Gasteiger partial charge < -0.3 is 24.8 Å². The third kappa shape index (κ3) is 3.25. The number of benzene rings is 2. The Labute approximate surface area is 164 Å². The second-order valence-electron chi connectivity index (χ2n) is 6.57. The number of ether oxygens (including phenoxy) is 2. The molecule has 0 radical (unpaired) electrons. The highest BCUT2D eigenvalue weighted by Gasteiger charge is 2.51. The lowest BCUT2D eigenvalue weighted by molar-refractivity contribution is -0.149. The van der Waals surface area contributed by atoms with Crippen LogP contribution in [-0.4, -0.2) is 35.9 Å². The van der Waals surface area contributed by atoms with Gasteiger partial charge in [-0.2, -0.15) is 0 Å². The number of carbonyl (C=O) groups excluding carboxylic acids is 2. The molecule has 0 aromatic heterocycles. The highest BCUT2D eigenvalue weighted by molar-refractivity contribution is 6.30. The molecule has 2 aliphatic heterocycles. The molecule has 0 aliphatic carbocycles. The summed E-state index contributed by atoms with van der Waals surface area (Å²) < 4.78 is 23.9. The number of halogens is 2. The number of anilines is 1. The Morgan fingerprint density at radius 1 is 1.25 bits per heavy atom. The molecule has 0 saturated carbocycles. The van der Waals surface area contributed by atoms with E-state index in [1.807, 2.05) is 0 Å². The number of amides is 2. The molecule has 9 heteroatoms. The van der Waals surface area contributed by atoms with Crippen LogP contribution < -0.4 is 19.7 Å². The van der Waals surface area contributed by atoms with E-state index in [2.05, 4.69) is 5.32 Å². The van der Waals surface area contributed by atoms with Crippen molar-refractivity contribution in [2.24, 2.45) is 0 Å². The molecule has 2 amide bonds. The van der Waals surface area contributed by atoms with E-state index in [4.69, 9.17) is 21.1 Å². The zero-order valence-electron chi connectivity index (χ0n) is 14.6. The zero-order valence-corrected chi connectivity index (χ0v) is 15.3. The second kappa shape index (κ2) is 6.96. The maximum atomic E-state index is 13.4. The molecular weight excluding hydrogens is 391 g/mol. The molecule has 1 saturated heterocycles. The molecule has 0 bridgehead atoms. The van der Waals surface area contributed by atoms with Crippen molar-refractivity contribution in [3.63, 3.8) is 0 Å². The Hall–Kier alpha value is -2.84. The summed E-state index contributed by atoms with van der Waals surface area (Å²) in [5.74, 6) is -1.06. The highest BCUT2D eigenvalue weighted by atomic mass is 35.5. The maximum absolute atomic E-state index is 13.4. The van der Waals surface area contributed by atoms with Gasteiger partial charge in [0.25, 0.3) is 11.8 Å². The smallest absolute Gasteiger partial charge is 0.268 e. The summed E-state index contributed by atoms with van der Waals surface area (Å²) in [6, 6.07) is 8.79. The van der Waals surface area contributed by atoms with Gasteiger partial charge in [-0.25, -0.2) is 4.39 Å². The van der Waals surface area contributed by atoms with Crippen LogP contribution in [0.15, 0.2) is 36.4 Å². The Kier molecular flexibility index (Phi) is 4.60. The zero-order chi connectivity index (χ0) is 19.9. The van der Waals surface area contributed by atoms with E-state index < -0.39 is 23.2 Å². The summed E-state index contributed by atoms with van der Waals surface area (Å²) >= 11 is 5.79. The molecule has 2 heterocycles. The number of fused-ring (bicyclic) bond motifs is 1. The van der Waals surface area contributed by atoms with Crippen molar-refractivity contribution >= 4 is 29.1 Å². The minimum atomic E-state index is -2.20. The largest absolute Gasteiger partial charge is 0.454 e. The first-order chi connectivity index (χ1) is 13.4. The average Bonchev–Trinajstić information content (AvgIpc) is 3.24. The van der Waals surface area contributed by atoms with Gasteiger partial charge in [0.2, 0.25) is 12.4 Å². The van der Waals surface area contributed by atoms with Crippen LogP contribution in [0.1, 0.15) is 12.0 Å². The van der Waals surface area contributed by atoms with E-state index in [1.165, 1.54) is 17.0 Å². The molecule has 28 heavy (non-hydrogen) atoms. The van der Waals surface area contributed by atoms with E-state index in [-0.39, 0.29) is 31.3 Å². The monoisotopic (exact) mass is 406 g/mol. The summed E-state index contributed by atoms with van der Waals surface area (Å²) in [4.78, 5) is 26.6. The first-order valence-corrected chi connectivity index (χ1v) is 8.92. The summed E-state index contributed by atoms with van der Waals surface area (Å²) in [5, 5.41) is 13.3. The van der Waals surface area contributed by atoms with Crippen LogP contribution in [0.3, 0.4) is 0 Å². The van der Waals surface area contributed by atoms with Gasteiger partial charge in [0, 0.05) is 36.3 Å². The van der Waals surface area contributed by atoms with Crippen LogP contribution >= 0.6 is 11.6 Å². The molecule has 1 fully saturated rings. The summed E-state index contributed by atoms with van der Waals surface area (Å²) in [7, 11) is 0. The fourth-order valence-corrected chi connectivity index (χ4v) is 3.50. The van der Waals surface area contributed by atoms with E-state index in [0.717, 1.165) is 6.07 Å². The number of hydrogen-bond acceptors (Lipinski definition) is 5. The lowest BCUT2D eigenvalue weighted by Gasteiger charge is -2.22. The molecule has 2 aromatic carbocycles. The van der Waals surface area contributed by atoms with Crippen LogP contribution in [0, 0.1) is 5.82 Å². The molecule has 1 atom stereocenters. The van der Waals surface area contributed by atoms with Crippen LogP contribution in [-0.2, 0) is 16.1 Å². The molecule has 2 aliphatic rings. The van der Waals surface area contributed by atoms with E-state index in [9.17, 15) is 19.1 Å². The molecule has 0 spiro atoms. The number of nitrogens with one attached hydrogen (secondary N) is 1. The fourth-order valence-electron chi connectivity index (χ4n) is 3.26. The second-order valence-corrected chi connectivity index (χ2v) is 7.00. The van der Waals surface area contributed by atoms with Crippen molar-refractivity contribution in [1.29, 1.82) is 0 Å². The van der Waals surface area contributed by atoms with Crippen molar-refractivity contribution in [3.05, 3.63) is 52.8 Å².